The summed E-state index contributed by atoms with van der Waals surface area (Å²) in [6.07, 6.45) is 1.94. The summed E-state index contributed by atoms with van der Waals surface area (Å²) in [5.74, 6) is -0.380. The van der Waals surface area contributed by atoms with Gasteiger partial charge in [-0.15, -0.1) is 0 Å². The van der Waals surface area contributed by atoms with Gasteiger partial charge in [0, 0.05) is 0 Å². The Hall–Kier alpha value is -1.26. The molecule has 1 heterocycles. The number of rotatable bonds is 1. The number of amides is 1. The Labute approximate surface area is 101 Å². The number of esters is 1. The molecule has 0 aromatic carbocycles. The molecule has 0 aromatic rings. The monoisotopic (exact) mass is 241 g/mol. The van der Waals surface area contributed by atoms with Crippen LogP contribution in [0, 0.1) is 5.92 Å². The van der Waals surface area contributed by atoms with Crippen LogP contribution >= 0.6 is 0 Å². The zero-order valence-corrected chi connectivity index (χ0v) is 10.5. The number of alkyl carbamates (subject to hydrolysis) is 1. The number of hydrogen-bond donors (Lipinski definition) is 1. The minimum Gasteiger partial charge on any atom is -0.460 e. The summed E-state index contributed by atoms with van der Waals surface area (Å²) in [4.78, 5) is 23.2. The van der Waals surface area contributed by atoms with Crippen LogP contribution < -0.4 is 5.32 Å². The molecular formula is C12H19NO4. The van der Waals surface area contributed by atoms with Gasteiger partial charge in [-0.1, -0.05) is 0 Å². The standard InChI is InChI=1S/C12H19NO4/c1-12(2,3)17-11(15)13-9-7-5-4-6-8(9)16-10(7)14/h7-9H,4-6H2,1-3H3,(H,13,15). The van der Waals surface area contributed by atoms with Crippen molar-refractivity contribution < 1.29 is 19.1 Å². The van der Waals surface area contributed by atoms with E-state index in [0.29, 0.717) is 0 Å². The fourth-order valence-corrected chi connectivity index (χ4v) is 2.43. The number of carbonyl (C=O) groups excluding carboxylic acids is 2. The van der Waals surface area contributed by atoms with Crippen molar-refractivity contribution >= 4 is 12.1 Å². The molecule has 1 amide bonds. The average molecular weight is 241 g/mol. The van der Waals surface area contributed by atoms with Crippen molar-refractivity contribution in [1.82, 2.24) is 5.32 Å². The highest BCUT2D eigenvalue weighted by Gasteiger charge is 2.48. The van der Waals surface area contributed by atoms with E-state index >= 15 is 0 Å². The van der Waals surface area contributed by atoms with Crippen LogP contribution in [0.3, 0.4) is 0 Å². The average Bonchev–Trinajstić information content (AvgIpc) is 2.36. The molecule has 2 aliphatic rings. The van der Waals surface area contributed by atoms with Crippen molar-refractivity contribution in [3.63, 3.8) is 0 Å². The van der Waals surface area contributed by atoms with E-state index in [2.05, 4.69) is 5.32 Å². The van der Waals surface area contributed by atoms with Crippen molar-refractivity contribution in [2.45, 2.75) is 57.8 Å². The van der Waals surface area contributed by atoms with Crippen LogP contribution in [-0.4, -0.2) is 29.8 Å². The number of fused-ring (bicyclic) bond motifs is 2. The summed E-state index contributed by atoms with van der Waals surface area (Å²) in [7, 11) is 0. The summed E-state index contributed by atoms with van der Waals surface area (Å²) in [5.41, 5.74) is -0.525. The Balaban J connectivity index is 1.95. The van der Waals surface area contributed by atoms with Crippen LogP contribution in [0.1, 0.15) is 40.0 Å². The van der Waals surface area contributed by atoms with E-state index < -0.39 is 11.7 Å². The third-order valence-corrected chi connectivity index (χ3v) is 3.09. The molecule has 96 valence electrons. The van der Waals surface area contributed by atoms with E-state index in [1.807, 2.05) is 20.8 Å². The second-order valence-electron chi connectivity index (χ2n) is 5.68. The predicted molar refractivity (Wildman–Crippen MR) is 60.4 cm³/mol. The molecule has 5 nitrogen and oxygen atoms in total. The van der Waals surface area contributed by atoms with Crippen molar-refractivity contribution in [1.29, 1.82) is 0 Å². The molecule has 5 heteroatoms. The quantitative estimate of drug-likeness (QED) is 0.708. The first-order chi connectivity index (χ1) is 7.87. The molecule has 1 N–H and O–H groups in total. The summed E-state index contributed by atoms with van der Waals surface area (Å²) in [5, 5.41) is 2.76. The lowest BCUT2D eigenvalue weighted by Gasteiger charge is -2.28. The van der Waals surface area contributed by atoms with Crippen molar-refractivity contribution in [3.8, 4) is 0 Å². The first-order valence-corrected chi connectivity index (χ1v) is 6.07. The second kappa shape index (κ2) is 4.20. The maximum atomic E-state index is 11.7. The van der Waals surface area contributed by atoms with Gasteiger partial charge in [0.2, 0.25) is 0 Å². The van der Waals surface area contributed by atoms with Crippen LogP contribution in [0.4, 0.5) is 4.79 Å². The second-order valence-corrected chi connectivity index (χ2v) is 5.68. The number of hydrogen-bond acceptors (Lipinski definition) is 4. The zero-order valence-electron chi connectivity index (χ0n) is 10.5. The van der Waals surface area contributed by atoms with Gasteiger partial charge in [0.1, 0.15) is 11.7 Å². The molecule has 1 aliphatic carbocycles. The normalized spacial score (nSPS) is 31.9. The predicted octanol–water partition coefficient (Wildman–Crippen LogP) is 1.61. The molecule has 0 radical (unpaired) electrons. The van der Waals surface area contributed by atoms with Crippen LogP contribution in [0.5, 0.6) is 0 Å². The Bertz CT molecular complexity index is 334. The molecule has 1 saturated carbocycles. The van der Waals surface area contributed by atoms with E-state index in [1.54, 1.807) is 0 Å². The molecule has 2 rings (SSSR count). The van der Waals surface area contributed by atoms with Gasteiger partial charge in [0.05, 0.1) is 12.0 Å². The van der Waals surface area contributed by atoms with Crippen LogP contribution in [-0.2, 0) is 14.3 Å². The molecule has 0 spiro atoms. The summed E-state index contributed by atoms with van der Waals surface area (Å²) >= 11 is 0. The minimum atomic E-state index is -0.525. The number of carbonyl (C=O) groups is 2. The van der Waals surface area contributed by atoms with Gasteiger partial charge in [-0.2, -0.15) is 0 Å². The van der Waals surface area contributed by atoms with Gasteiger partial charge in [0.15, 0.2) is 0 Å². The summed E-state index contributed by atoms with van der Waals surface area (Å²) in [6, 6.07) is -0.217. The smallest absolute Gasteiger partial charge is 0.408 e. The summed E-state index contributed by atoms with van der Waals surface area (Å²) < 4.78 is 10.4. The third kappa shape index (κ3) is 2.70. The number of ether oxygens (including phenoxy) is 2. The van der Waals surface area contributed by atoms with E-state index in [9.17, 15) is 9.59 Å². The lowest BCUT2D eigenvalue weighted by Crippen LogP contribution is -2.48. The van der Waals surface area contributed by atoms with Crippen molar-refractivity contribution in [2.75, 3.05) is 0 Å². The highest BCUT2D eigenvalue weighted by molar-refractivity contribution is 5.78. The summed E-state index contributed by atoms with van der Waals surface area (Å²) in [6.45, 7) is 5.43. The maximum absolute atomic E-state index is 11.7. The topological polar surface area (TPSA) is 64.6 Å². The van der Waals surface area contributed by atoms with Crippen molar-refractivity contribution in [3.05, 3.63) is 0 Å². The van der Waals surface area contributed by atoms with Crippen LogP contribution in [0.25, 0.3) is 0 Å². The number of nitrogens with one attached hydrogen (secondary N) is 1. The highest BCUT2D eigenvalue weighted by atomic mass is 16.6. The van der Waals surface area contributed by atoms with Gasteiger partial charge in [-0.05, 0) is 40.0 Å². The molecule has 3 unspecified atom stereocenters. The molecule has 1 aliphatic heterocycles. The highest BCUT2D eigenvalue weighted by Crippen LogP contribution is 2.34. The Morgan fingerprint density at radius 2 is 2.12 bits per heavy atom. The fraction of sp³-hybridized carbons (Fsp3) is 0.833. The molecule has 17 heavy (non-hydrogen) atoms. The minimum absolute atomic E-state index is 0.172. The Kier molecular flexibility index (Phi) is 3.02. The molecule has 3 atom stereocenters. The van der Waals surface area contributed by atoms with Crippen LogP contribution in [0.15, 0.2) is 0 Å². The molecule has 0 aromatic heterocycles. The lowest BCUT2D eigenvalue weighted by molar-refractivity contribution is -0.143. The van der Waals surface area contributed by atoms with Gasteiger partial charge >= 0.3 is 12.1 Å². The Morgan fingerprint density at radius 3 is 2.71 bits per heavy atom. The van der Waals surface area contributed by atoms with Gasteiger partial charge in [0.25, 0.3) is 0 Å². The molecule has 2 bridgehead atoms. The first-order valence-electron chi connectivity index (χ1n) is 6.07. The van der Waals surface area contributed by atoms with E-state index in [-0.39, 0.29) is 24.0 Å². The Morgan fingerprint density at radius 1 is 1.41 bits per heavy atom. The first kappa shape index (κ1) is 12.2. The molecule has 2 fully saturated rings. The van der Waals surface area contributed by atoms with Gasteiger partial charge in [-0.3, -0.25) is 4.79 Å². The van der Waals surface area contributed by atoms with E-state index in [4.69, 9.17) is 9.47 Å². The third-order valence-electron chi connectivity index (χ3n) is 3.09. The van der Waals surface area contributed by atoms with Gasteiger partial charge in [-0.25, -0.2) is 4.79 Å². The molecular weight excluding hydrogens is 222 g/mol. The van der Waals surface area contributed by atoms with Gasteiger partial charge < -0.3 is 14.8 Å². The zero-order chi connectivity index (χ0) is 12.6. The van der Waals surface area contributed by atoms with Crippen LogP contribution in [0.2, 0.25) is 0 Å². The largest absolute Gasteiger partial charge is 0.460 e. The van der Waals surface area contributed by atoms with Crippen molar-refractivity contribution in [2.24, 2.45) is 5.92 Å². The lowest BCUT2D eigenvalue weighted by atomic mass is 9.85. The van der Waals surface area contributed by atoms with E-state index in [0.717, 1.165) is 19.3 Å². The fourth-order valence-electron chi connectivity index (χ4n) is 2.43. The molecule has 1 saturated heterocycles. The SMILES string of the molecule is CC(C)(C)OC(=O)NC1C2CCCC1C(=O)O2. The van der Waals surface area contributed by atoms with E-state index in [1.165, 1.54) is 0 Å². The maximum Gasteiger partial charge on any atom is 0.408 e.